The standard InChI is InChI=1S/C19H17F3N4O2S2/c1-11(16(27)24-14-6-8-15(9-7-14)28-17(21)22)29-19-26-25-18(30-19)23-10-12-2-4-13(20)5-3-12/h2-9,11,17H,10H2,1H3,(H,23,25)(H,24,27). The highest BCUT2D eigenvalue weighted by molar-refractivity contribution is 8.02. The number of nitrogens with one attached hydrogen (secondary N) is 2. The molecule has 11 heteroatoms. The van der Waals surface area contributed by atoms with Gasteiger partial charge in [0.05, 0.1) is 5.25 Å². The quantitative estimate of drug-likeness (QED) is 0.443. The van der Waals surface area contributed by atoms with Gasteiger partial charge in [0.15, 0.2) is 4.34 Å². The van der Waals surface area contributed by atoms with Crippen molar-refractivity contribution in [1.82, 2.24) is 10.2 Å². The van der Waals surface area contributed by atoms with Crippen LogP contribution in [0.1, 0.15) is 12.5 Å². The Morgan fingerprint density at radius 3 is 2.50 bits per heavy atom. The molecule has 1 heterocycles. The molecule has 0 aliphatic rings. The van der Waals surface area contributed by atoms with Crippen molar-refractivity contribution in [1.29, 1.82) is 0 Å². The van der Waals surface area contributed by atoms with E-state index < -0.39 is 11.9 Å². The molecule has 158 valence electrons. The first-order chi connectivity index (χ1) is 14.4. The molecule has 2 aromatic carbocycles. The van der Waals surface area contributed by atoms with Crippen molar-refractivity contribution in [3.8, 4) is 5.75 Å². The van der Waals surface area contributed by atoms with Crippen molar-refractivity contribution in [3.63, 3.8) is 0 Å². The molecular weight excluding hydrogens is 437 g/mol. The van der Waals surface area contributed by atoms with E-state index in [2.05, 4.69) is 25.6 Å². The third-order valence-electron chi connectivity index (χ3n) is 3.76. The smallest absolute Gasteiger partial charge is 0.387 e. The Morgan fingerprint density at radius 1 is 1.13 bits per heavy atom. The second-order valence-corrected chi connectivity index (χ2v) is 8.57. The van der Waals surface area contributed by atoms with Crippen LogP contribution in [0.15, 0.2) is 52.9 Å². The van der Waals surface area contributed by atoms with E-state index in [1.807, 2.05) is 0 Å². The number of rotatable bonds is 9. The zero-order chi connectivity index (χ0) is 21.5. The van der Waals surface area contributed by atoms with E-state index in [0.717, 1.165) is 5.56 Å². The number of anilines is 2. The second kappa shape index (κ2) is 10.3. The van der Waals surface area contributed by atoms with Gasteiger partial charge in [-0.2, -0.15) is 8.78 Å². The number of halogens is 3. The number of aromatic nitrogens is 2. The van der Waals surface area contributed by atoms with E-state index >= 15 is 0 Å². The molecule has 3 aromatic rings. The highest BCUT2D eigenvalue weighted by Gasteiger charge is 2.17. The number of hydrogen-bond donors (Lipinski definition) is 2. The molecule has 30 heavy (non-hydrogen) atoms. The van der Waals surface area contributed by atoms with Crippen LogP contribution in [-0.4, -0.2) is 28.0 Å². The summed E-state index contributed by atoms with van der Waals surface area (Å²) < 4.78 is 42.2. The summed E-state index contributed by atoms with van der Waals surface area (Å²) in [7, 11) is 0. The Kier molecular flexibility index (Phi) is 7.52. The SMILES string of the molecule is CC(Sc1nnc(NCc2ccc(F)cc2)s1)C(=O)Nc1ccc(OC(F)F)cc1. The monoisotopic (exact) mass is 454 g/mol. The van der Waals surface area contributed by atoms with Crippen molar-refractivity contribution in [2.45, 2.75) is 29.7 Å². The lowest BCUT2D eigenvalue weighted by Gasteiger charge is -2.11. The Hall–Kier alpha value is -2.79. The van der Waals surface area contributed by atoms with Gasteiger partial charge in [-0.1, -0.05) is 35.2 Å². The molecule has 0 fully saturated rings. The number of benzene rings is 2. The summed E-state index contributed by atoms with van der Waals surface area (Å²) in [4.78, 5) is 12.4. The minimum Gasteiger partial charge on any atom is -0.435 e. The first kappa shape index (κ1) is 21.9. The molecular formula is C19H17F3N4O2S2. The molecule has 2 N–H and O–H groups in total. The van der Waals surface area contributed by atoms with Crippen molar-refractivity contribution in [2.24, 2.45) is 0 Å². The molecule has 0 saturated carbocycles. The first-order valence-corrected chi connectivity index (χ1v) is 10.4. The van der Waals surface area contributed by atoms with Crippen molar-refractivity contribution in [3.05, 3.63) is 59.9 Å². The average Bonchev–Trinajstić information content (AvgIpc) is 3.16. The van der Waals surface area contributed by atoms with Crippen LogP contribution in [0.3, 0.4) is 0 Å². The van der Waals surface area contributed by atoms with Gasteiger partial charge >= 0.3 is 6.61 Å². The number of ether oxygens (including phenoxy) is 1. The molecule has 0 spiro atoms. The highest BCUT2D eigenvalue weighted by Crippen LogP contribution is 2.30. The van der Waals surface area contributed by atoms with Crippen LogP contribution in [0, 0.1) is 5.82 Å². The van der Waals surface area contributed by atoms with Crippen LogP contribution in [0.4, 0.5) is 24.0 Å². The lowest BCUT2D eigenvalue weighted by Crippen LogP contribution is -2.22. The largest absolute Gasteiger partial charge is 0.435 e. The summed E-state index contributed by atoms with van der Waals surface area (Å²) in [5.74, 6) is -0.545. The molecule has 1 atom stereocenters. The lowest BCUT2D eigenvalue weighted by molar-refractivity contribution is -0.115. The van der Waals surface area contributed by atoms with Crippen molar-refractivity contribution in [2.75, 3.05) is 10.6 Å². The molecule has 6 nitrogen and oxygen atoms in total. The van der Waals surface area contributed by atoms with Crippen LogP contribution in [-0.2, 0) is 11.3 Å². The molecule has 0 radical (unpaired) electrons. The number of thioether (sulfide) groups is 1. The lowest BCUT2D eigenvalue weighted by atomic mass is 10.2. The Labute approximate surface area is 178 Å². The number of alkyl halides is 2. The van der Waals surface area contributed by atoms with Gasteiger partial charge in [-0.05, 0) is 48.9 Å². The van der Waals surface area contributed by atoms with E-state index in [1.165, 1.54) is 59.5 Å². The fourth-order valence-corrected chi connectivity index (χ4v) is 4.17. The maximum absolute atomic E-state index is 12.9. The fraction of sp³-hybridized carbons (Fsp3) is 0.211. The zero-order valence-corrected chi connectivity index (χ0v) is 17.3. The van der Waals surface area contributed by atoms with E-state index in [4.69, 9.17) is 0 Å². The van der Waals surface area contributed by atoms with Crippen LogP contribution in [0.25, 0.3) is 0 Å². The van der Waals surface area contributed by atoms with Gasteiger partial charge in [0.25, 0.3) is 0 Å². The molecule has 0 aliphatic heterocycles. The summed E-state index contributed by atoms with van der Waals surface area (Å²) in [6, 6.07) is 11.8. The predicted octanol–water partition coefficient (Wildman–Crippen LogP) is 5.01. The summed E-state index contributed by atoms with van der Waals surface area (Å²) >= 11 is 2.55. The number of nitrogens with zero attached hydrogens (tertiary/aromatic N) is 2. The van der Waals surface area contributed by atoms with Crippen LogP contribution >= 0.6 is 23.1 Å². The maximum atomic E-state index is 12.9. The average molecular weight is 454 g/mol. The molecule has 1 aromatic heterocycles. The summed E-state index contributed by atoms with van der Waals surface area (Å²) in [6.07, 6.45) is 0. The van der Waals surface area contributed by atoms with Crippen molar-refractivity contribution < 1.29 is 22.7 Å². The predicted molar refractivity (Wildman–Crippen MR) is 111 cm³/mol. The van der Waals surface area contributed by atoms with Gasteiger partial charge < -0.3 is 15.4 Å². The van der Waals surface area contributed by atoms with Crippen molar-refractivity contribution >= 4 is 39.8 Å². The molecule has 0 saturated heterocycles. The maximum Gasteiger partial charge on any atom is 0.387 e. The number of hydrogen-bond acceptors (Lipinski definition) is 7. The summed E-state index contributed by atoms with van der Waals surface area (Å²) in [5.41, 5.74) is 1.37. The van der Waals surface area contributed by atoms with Gasteiger partial charge in [-0.25, -0.2) is 4.39 Å². The Morgan fingerprint density at radius 2 is 1.83 bits per heavy atom. The van der Waals surface area contributed by atoms with Gasteiger partial charge in [-0.15, -0.1) is 10.2 Å². The third-order valence-corrected chi connectivity index (χ3v) is 5.82. The van der Waals surface area contributed by atoms with Crippen LogP contribution in [0.2, 0.25) is 0 Å². The van der Waals surface area contributed by atoms with Gasteiger partial charge in [0.2, 0.25) is 11.0 Å². The molecule has 3 rings (SSSR count). The fourth-order valence-electron chi connectivity index (χ4n) is 2.28. The normalized spacial score (nSPS) is 11.9. The molecule has 1 amide bonds. The van der Waals surface area contributed by atoms with E-state index in [0.29, 0.717) is 21.7 Å². The highest BCUT2D eigenvalue weighted by atomic mass is 32.2. The molecule has 0 bridgehead atoms. The summed E-state index contributed by atoms with van der Waals surface area (Å²) in [5, 5.41) is 14.0. The molecule has 1 unspecified atom stereocenters. The minimum absolute atomic E-state index is 0.0138. The zero-order valence-electron chi connectivity index (χ0n) is 15.6. The van der Waals surface area contributed by atoms with E-state index in [9.17, 15) is 18.0 Å². The first-order valence-electron chi connectivity index (χ1n) is 8.73. The number of carbonyl (C=O) groups is 1. The topological polar surface area (TPSA) is 76.1 Å². The Balaban J connectivity index is 1.48. The van der Waals surface area contributed by atoms with E-state index in [1.54, 1.807) is 19.1 Å². The van der Waals surface area contributed by atoms with Gasteiger partial charge in [0, 0.05) is 12.2 Å². The van der Waals surface area contributed by atoms with Gasteiger partial charge in [-0.3, -0.25) is 4.79 Å². The molecule has 0 aliphatic carbocycles. The number of carbonyl (C=O) groups excluding carboxylic acids is 1. The van der Waals surface area contributed by atoms with E-state index in [-0.39, 0.29) is 17.5 Å². The van der Waals surface area contributed by atoms with Gasteiger partial charge in [0.1, 0.15) is 11.6 Å². The van der Waals surface area contributed by atoms with Crippen LogP contribution in [0.5, 0.6) is 5.75 Å². The number of amides is 1. The third kappa shape index (κ3) is 6.63. The summed E-state index contributed by atoms with van der Waals surface area (Å²) in [6.45, 7) is -0.703. The van der Waals surface area contributed by atoms with Crippen LogP contribution < -0.4 is 15.4 Å². The second-order valence-electron chi connectivity index (χ2n) is 6.01. The minimum atomic E-state index is -2.90. The Bertz CT molecular complexity index is 969.